The van der Waals surface area contributed by atoms with Crippen molar-refractivity contribution in [2.45, 2.75) is 25.3 Å². The monoisotopic (exact) mass is 282 g/mol. The highest BCUT2D eigenvalue weighted by atomic mass is 32.2. The number of aryl methyl sites for hydroxylation is 2. The van der Waals surface area contributed by atoms with Crippen LogP contribution >= 0.6 is 0 Å². The average Bonchev–Trinajstić information content (AvgIpc) is 2.83. The molecule has 0 amide bonds. The molecule has 9 heteroatoms. The van der Waals surface area contributed by atoms with Gasteiger partial charge in [-0.1, -0.05) is 0 Å². The van der Waals surface area contributed by atoms with Gasteiger partial charge in [0.1, 0.15) is 4.90 Å². The van der Waals surface area contributed by atoms with Crippen molar-refractivity contribution in [3.63, 3.8) is 0 Å². The fraction of sp³-hybridized carbons (Fsp3) is 0.300. The van der Waals surface area contributed by atoms with E-state index in [1.165, 1.54) is 12.3 Å². The summed E-state index contributed by atoms with van der Waals surface area (Å²) < 4.78 is 26.4. The zero-order valence-corrected chi connectivity index (χ0v) is 11.3. The van der Waals surface area contributed by atoms with Crippen LogP contribution in [0.3, 0.4) is 0 Å². The molecule has 2 aromatic rings. The molecule has 4 N–H and O–H groups in total. The topological polar surface area (TPSA) is 127 Å². The SMILES string of the molecule is Cc1nnc(NS(=O)(=O)c2c[nH]c(CN)c2)nc1C. The van der Waals surface area contributed by atoms with Crippen LogP contribution in [0.1, 0.15) is 17.1 Å². The van der Waals surface area contributed by atoms with E-state index in [1.807, 2.05) is 0 Å². The van der Waals surface area contributed by atoms with Crippen molar-refractivity contribution in [2.75, 3.05) is 4.72 Å². The molecule has 0 saturated carbocycles. The van der Waals surface area contributed by atoms with Crippen LogP contribution in [-0.2, 0) is 16.6 Å². The molecule has 0 bridgehead atoms. The van der Waals surface area contributed by atoms with E-state index in [-0.39, 0.29) is 17.4 Å². The maximum atomic E-state index is 12.0. The predicted octanol–water partition coefficient (Wildman–Crippen LogP) is 0.0760. The van der Waals surface area contributed by atoms with Gasteiger partial charge in [0.2, 0.25) is 0 Å². The molecule has 0 aliphatic rings. The Hall–Kier alpha value is -2.00. The van der Waals surface area contributed by atoms with E-state index in [9.17, 15) is 8.42 Å². The molecule has 2 heterocycles. The fourth-order valence-corrected chi connectivity index (χ4v) is 2.33. The smallest absolute Gasteiger partial charge is 0.265 e. The Balaban J connectivity index is 2.28. The Morgan fingerprint density at radius 2 is 2.05 bits per heavy atom. The first-order chi connectivity index (χ1) is 8.92. The van der Waals surface area contributed by atoms with E-state index < -0.39 is 10.0 Å². The van der Waals surface area contributed by atoms with E-state index >= 15 is 0 Å². The number of nitrogens with one attached hydrogen (secondary N) is 2. The summed E-state index contributed by atoms with van der Waals surface area (Å²) in [6.07, 6.45) is 1.36. The minimum atomic E-state index is -3.73. The summed E-state index contributed by atoms with van der Waals surface area (Å²) in [6.45, 7) is 3.70. The van der Waals surface area contributed by atoms with Gasteiger partial charge in [0.15, 0.2) is 0 Å². The summed E-state index contributed by atoms with van der Waals surface area (Å²) in [5.74, 6) is -0.0569. The summed E-state index contributed by atoms with van der Waals surface area (Å²) in [6, 6.07) is 1.46. The second kappa shape index (κ2) is 4.94. The van der Waals surface area contributed by atoms with Crippen molar-refractivity contribution in [1.29, 1.82) is 0 Å². The van der Waals surface area contributed by atoms with Gasteiger partial charge in [-0.25, -0.2) is 18.1 Å². The van der Waals surface area contributed by atoms with Crippen molar-refractivity contribution < 1.29 is 8.42 Å². The number of aromatic nitrogens is 4. The Kier molecular flexibility index (Phi) is 3.49. The maximum absolute atomic E-state index is 12.0. The molecule has 0 aromatic carbocycles. The Morgan fingerprint density at radius 1 is 1.32 bits per heavy atom. The lowest BCUT2D eigenvalue weighted by atomic mass is 10.4. The lowest BCUT2D eigenvalue weighted by Crippen LogP contribution is -2.15. The number of sulfonamides is 1. The van der Waals surface area contributed by atoms with Crippen LogP contribution < -0.4 is 10.5 Å². The highest BCUT2D eigenvalue weighted by Gasteiger charge is 2.17. The zero-order chi connectivity index (χ0) is 14.0. The first-order valence-corrected chi connectivity index (χ1v) is 6.99. The lowest BCUT2D eigenvalue weighted by Gasteiger charge is -2.05. The molecule has 0 unspecified atom stereocenters. The molecule has 0 aliphatic heterocycles. The molecule has 0 fully saturated rings. The van der Waals surface area contributed by atoms with Crippen molar-refractivity contribution in [1.82, 2.24) is 20.2 Å². The number of hydrogen-bond donors (Lipinski definition) is 3. The second-order valence-electron chi connectivity index (χ2n) is 3.98. The number of nitrogens with zero attached hydrogens (tertiary/aromatic N) is 3. The lowest BCUT2D eigenvalue weighted by molar-refractivity contribution is 0.600. The van der Waals surface area contributed by atoms with E-state index in [0.717, 1.165) is 0 Å². The highest BCUT2D eigenvalue weighted by Crippen LogP contribution is 2.14. The summed E-state index contributed by atoms with van der Waals surface area (Å²) in [5.41, 5.74) is 7.30. The molecular formula is C10H14N6O2S. The Bertz CT molecular complexity index is 694. The molecule has 0 spiro atoms. The quantitative estimate of drug-likeness (QED) is 0.728. The van der Waals surface area contributed by atoms with Crippen molar-refractivity contribution >= 4 is 16.0 Å². The number of nitrogens with two attached hydrogens (primary N) is 1. The fourth-order valence-electron chi connectivity index (χ4n) is 1.37. The van der Waals surface area contributed by atoms with Gasteiger partial charge in [-0.05, 0) is 19.9 Å². The molecule has 102 valence electrons. The van der Waals surface area contributed by atoms with Crippen LogP contribution in [-0.4, -0.2) is 28.6 Å². The predicted molar refractivity (Wildman–Crippen MR) is 68.8 cm³/mol. The van der Waals surface area contributed by atoms with E-state index in [4.69, 9.17) is 5.73 Å². The summed E-state index contributed by atoms with van der Waals surface area (Å²) in [7, 11) is -3.73. The van der Waals surface area contributed by atoms with Gasteiger partial charge < -0.3 is 10.7 Å². The second-order valence-corrected chi connectivity index (χ2v) is 5.66. The molecular weight excluding hydrogens is 268 g/mol. The molecule has 2 rings (SSSR count). The third-order valence-electron chi connectivity index (χ3n) is 2.56. The molecule has 2 aromatic heterocycles. The third-order valence-corrected chi connectivity index (χ3v) is 3.87. The minimum Gasteiger partial charge on any atom is -0.363 e. The molecule has 0 saturated heterocycles. The normalized spacial score (nSPS) is 11.5. The number of hydrogen-bond acceptors (Lipinski definition) is 6. The first-order valence-electron chi connectivity index (χ1n) is 5.50. The summed E-state index contributed by atoms with van der Waals surface area (Å²) >= 11 is 0. The van der Waals surface area contributed by atoms with Gasteiger partial charge >= 0.3 is 0 Å². The van der Waals surface area contributed by atoms with Gasteiger partial charge in [-0.3, -0.25) is 0 Å². The summed E-state index contributed by atoms with van der Waals surface area (Å²) in [4.78, 5) is 6.86. The van der Waals surface area contributed by atoms with E-state index in [1.54, 1.807) is 13.8 Å². The van der Waals surface area contributed by atoms with E-state index in [0.29, 0.717) is 17.1 Å². The van der Waals surface area contributed by atoms with Gasteiger partial charge in [0.25, 0.3) is 16.0 Å². The van der Waals surface area contributed by atoms with Crippen molar-refractivity contribution in [3.8, 4) is 0 Å². The van der Waals surface area contributed by atoms with Crippen molar-refractivity contribution in [2.24, 2.45) is 5.73 Å². The Labute approximate surface area is 110 Å². The van der Waals surface area contributed by atoms with Crippen molar-refractivity contribution in [3.05, 3.63) is 29.3 Å². The number of anilines is 1. The number of H-pyrrole nitrogens is 1. The van der Waals surface area contributed by atoms with Crippen LogP contribution in [0.5, 0.6) is 0 Å². The maximum Gasteiger partial charge on any atom is 0.265 e. The van der Waals surface area contributed by atoms with Gasteiger partial charge in [-0.2, -0.15) is 5.10 Å². The molecule has 19 heavy (non-hydrogen) atoms. The van der Waals surface area contributed by atoms with Gasteiger partial charge in [0.05, 0.1) is 11.4 Å². The average molecular weight is 282 g/mol. The van der Waals surface area contributed by atoms with Gasteiger partial charge in [0, 0.05) is 18.4 Å². The standard InChI is InChI=1S/C10H14N6O2S/c1-6-7(2)14-15-10(13-6)16-19(17,18)9-3-8(4-11)12-5-9/h3,5,12H,4,11H2,1-2H3,(H,13,15,16). The molecule has 0 radical (unpaired) electrons. The van der Waals surface area contributed by atoms with Crippen LogP contribution in [0.15, 0.2) is 17.2 Å². The molecule has 0 atom stereocenters. The number of aromatic amines is 1. The largest absolute Gasteiger partial charge is 0.363 e. The molecule has 8 nitrogen and oxygen atoms in total. The van der Waals surface area contributed by atoms with Crippen LogP contribution in [0.4, 0.5) is 5.95 Å². The van der Waals surface area contributed by atoms with Gasteiger partial charge in [-0.15, -0.1) is 5.10 Å². The van der Waals surface area contributed by atoms with E-state index in [2.05, 4.69) is 24.9 Å². The highest BCUT2D eigenvalue weighted by molar-refractivity contribution is 7.92. The van der Waals surface area contributed by atoms with Crippen LogP contribution in [0, 0.1) is 13.8 Å². The zero-order valence-electron chi connectivity index (χ0n) is 10.5. The number of rotatable bonds is 4. The Morgan fingerprint density at radius 3 is 2.63 bits per heavy atom. The first kappa shape index (κ1) is 13.4. The van der Waals surface area contributed by atoms with Crippen LogP contribution in [0.2, 0.25) is 0 Å². The van der Waals surface area contributed by atoms with Crippen LogP contribution in [0.25, 0.3) is 0 Å². The minimum absolute atomic E-state index is 0.0569. The molecule has 0 aliphatic carbocycles. The summed E-state index contributed by atoms with van der Waals surface area (Å²) in [5, 5.41) is 7.50. The third kappa shape index (κ3) is 2.88.